The van der Waals surface area contributed by atoms with Crippen LogP contribution in [0.1, 0.15) is 38.8 Å². The van der Waals surface area contributed by atoms with Crippen LogP contribution in [0.2, 0.25) is 5.02 Å². The molecular formula is C15H23ClN2. The van der Waals surface area contributed by atoms with Crippen LogP contribution in [0.3, 0.4) is 0 Å². The highest BCUT2D eigenvalue weighted by atomic mass is 35.5. The minimum atomic E-state index is 0.0403. The van der Waals surface area contributed by atoms with Crippen LogP contribution in [-0.4, -0.2) is 13.1 Å². The van der Waals surface area contributed by atoms with Gasteiger partial charge in [0.1, 0.15) is 0 Å². The van der Waals surface area contributed by atoms with Crippen molar-refractivity contribution in [1.29, 1.82) is 0 Å². The Balaban J connectivity index is 2.15. The summed E-state index contributed by atoms with van der Waals surface area (Å²) in [4.78, 5) is 2.40. The molecule has 1 aliphatic rings. The van der Waals surface area contributed by atoms with Crippen LogP contribution >= 0.6 is 11.6 Å². The second-order valence-corrected chi connectivity index (χ2v) is 6.15. The van der Waals surface area contributed by atoms with Gasteiger partial charge in [0.25, 0.3) is 0 Å². The van der Waals surface area contributed by atoms with E-state index in [9.17, 15) is 0 Å². The zero-order valence-electron chi connectivity index (χ0n) is 11.5. The number of anilines is 1. The average Bonchev–Trinajstić information content (AvgIpc) is 2.78. The van der Waals surface area contributed by atoms with E-state index in [1.165, 1.54) is 6.42 Å². The molecule has 1 heterocycles. The quantitative estimate of drug-likeness (QED) is 0.901. The normalized spacial score (nSPS) is 21.7. The molecule has 1 aromatic carbocycles. The smallest absolute Gasteiger partial charge is 0.0642 e. The number of hydrogen-bond acceptors (Lipinski definition) is 2. The molecule has 0 radical (unpaired) electrons. The van der Waals surface area contributed by atoms with Gasteiger partial charge < -0.3 is 10.6 Å². The van der Waals surface area contributed by atoms with Gasteiger partial charge in [0, 0.05) is 19.1 Å². The summed E-state index contributed by atoms with van der Waals surface area (Å²) in [5.41, 5.74) is 8.13. The lowest BCUT2D eigenvalue weighted by atomic mass is 9.95. The molecule has 0 spiro atoms. The zero-order chi connectivity index (χ0) is 13.3. The predicted molar refractivity (Wildman–Crippen MR) is 79.2 cm³/mol. The van der Waals surface area contributed by atoms with Crippen molar-refractivity contribution in [3.63, 3.8) is 0 Å². The fourth-order valence-corrected chi connectivity index (χ4v) is 2.92. The summed E-state index contributed by atoms with van der Waals surface area (Å²) >= 11 is 6.38. The first-order chi connectivity index (χ1) is 8.49. The predicted octanol–water partition coefficient (Wildman–Crippen LogP) is 3.84. The van der Waals surface area contributed by atoms with Crippen LogP contribution in [-0.2, 0) is 0 Å². The van der Waals surface area contributed by atoms with Crippen LogP contribution < -0.4 is 10.6 Å². The summed E-state index contributed by atoms with van der Waals surface area (Å²) in [5.74, 6) is 1.53. The molecule has 2 rings (SSSR count). The molecule has 0 bridgehead atoms. The highest BCUT2D eigenvalue weighted by molar-refractivity contribution is 6.33. The molecule has 2 N–H and O–H groups in total. The summed E-state index contributed by atoms with van der Waals surface area (Å²) in [7, 11) is 0. The Morgan fingerprint density at radius 1 is 1.33 bits per heavy atom. The summed E-state index contributed by atoms with van der Waals surface area (Å²) in [6.45, 7) is 8.81. The van der Waals surface area contributed by atoms with Crippen LogP contribution in [0, 0.1) is 11.8 Å². The standard InChI is InChI=1S/C15H23ClN2/c1-10(2)13-6-7-18(9-13)15-5-4-12(11(3)17)8-14(15)16/h4-5,8,10-11,13H,6-7,9,17H2,1-3H3. The highest BCUT2D eigenvalue weighted by Gasteiger charge is 2.26. The van der Waals surface area contributed by atoms with Crippen molar-refractivity contribution in [3.8, 4) is 0 Å². The van der Waals surface area contributed by atoms with E-state index in [1.54, 1.807) is 0 Å². The lowest BCUT2D eigenvalue weighted by Crippen LogP contribution is -2.21. The van der Waals surface area contributed by atoms with Crippen LogP contribution in [0.25, 0.3) is 0 Å². The van der Waals surface area contributed by atoms with Crippen molar-refractivity contribution >= 4 is 17.3 Å². The highest BCUT2D eigenvalue weighted by Crippen LogP contribution is 2.34. The molecule has 18 heavy (non-hydrogen) atoms. The number of rotatable bonds is 3. The van der Waals surface area contributed by atoms with Gasteiger partial charge >= 0.3 is 0 Å². The maximum atomic E-state index is 6.38. The van der Waals surface area contributed by atoms with Gasteiger partial charge in [0.15, 0.2) is 0 Å². The Bertz CT molecular complexity index is 415. The molecule has 1 aliphatic heterocycles. The van der Waals surface area contributed by atoms with E-state index in [0.717, 1.165) is 41.2 Å². The average molecular weight is 267 g/mol. The molecule has 1 saturated heterocycles. The minimum Gasteiger partial charge on any atom is -0.370 e. The third-order valence-corrected chi connectivity index (χ3v) is 4.31. The Labute approximate surface area is 115 Å². The topological polar surface area (TPSA) is 29.3 Å². The summed E-state index contributed by atoms with van der Waals surface area (Å²) in [6, 6.07) is 6.25. The Hall–Kier alpha value is -0.730. The molecule has 2 atom stereocenters. The molecule has 0 saturated carbocycles. The van der Waals surface area contributed by atoms with Crippen LogP contribution in [0.15, 0.2) is 18.2 Å². The number of benzene rings is 1. The van der Waals surface area contributed by atoms with E-state index in [-0.39, 0.29) is 6.04 Å². The van der Waals surface area contributed by atoms with E-state index in [1.807, 2.05) is 13.0 Å². The number of nitrogens with two attached hydrogens (primary N) is 1. The first-order valence-electron chi connectivity index (χ1n) is 6.79. The van der Waals surface area contributed by atoms with E-state index >= 15 is 0 Å². The van der Waals surface area contributed by atoms with Crippen molar-refractivity contribution in [1.82, 2.24) is 0 Å². The molecule has 2 nitrogen and oxygen atoms in total. The van der Waals surface area contributed by atoms with Gasteiger partial charge in [-0.2, -0.15) is 0 Å². The Morgan fingerprint density at radius 2 is 2.06 bits per heavy atom. The lowest BCUT2D eigenvalue weighted by molar-refractivity contribution is 0.423. The molecule has 0 amide bonds. The molecule has 0 aliphatic carbocycles. The van der Waals surface area contributed by atoms with Crippen molar-refractivity contribution < 1.29 is 0 Å². The maximum absolute atomic E-state index is 6.38. The largest absolute Gasteiger partial charge is 0.370 e. The third-order valence-electron chi connectivity index (χ3n) is 4.01. The van der Waals surface area contributed by atoms with E-state index in [4.69, 9.17) is 17.3 Å². The molecular weight excluding hydrogens is 244 g/mol. The van der Waals surface area contributed by atoms with Crippen LogP contribution in [0.4, 0.5) is 5.69 Å². The fraction of sp³-hybridized carbons (Fsp3) is 0.600. The van der Waals surface area contributed by atoms with Gasteiger partial charge in [0.05, 0.1) is 10.7 Å². The Morgan fingerprint density at radius 3 is 2.56 bits per heavy atom. The van der Waals surface area contributed by atoms with Crippen molar-refractivity contribution in [2.45, 2.75) is 33.2 Å². The maximum Gasteiger partial charge on any atom is 0.0642 e. The molecule has 3 heteroatoms. The first kappa shape index (κ1) is 13.7. The number of halogens is 1. The van der Waals surface area contributed by atoms with Crippen molar-refractivity contribution in [2.24, 2.45) is 17.6 Å². The summed E-state index contributed by atoms with van der Waals surface area (Å²) in [6.07, 6.45) is 1.27. The molecule has 1 aromatic rings. The second kappa shape index (κ2) is 5.50. The lowest BCUT2D eigenvalue weighted by Gasteiger charge is -2.22. The van der Waals surface area contributed by atoms with E-state index in [0.29, 0.717) is 0 Å². The molecule has 2 unspecified atom stereocenters. The van der Waals surface area contributed by atoms with Crippen molar-refractivity contribution in [2.75, 3.05) is 18.0 Å². The monoisotopic (exact) mass is 266 g/mol. The SMILES string of the molecule is CC(N)c1ccc(N2CCC(C(C)C)C2)c(Cl)c1. The minimum absolute atomic E-state index is 0.0403. The summed E-state index contributed by atoms with van der Waals surface area (Å²) in [5, 5.41) is 0.828. The van der Waals surface area contributed by atoms with Gasteiger partial charge in [-0.3, -0.25) is 0 Å². The number of nitrogens with zero attached hydrogens (tertiary/aromatic N) is 1. The zero-order valence-corrected chi connectivity index (χ0v) is 12.2. The third kappa shape index (κ3) is 2.81. The van der Waals surface area contributed by atoms with Crippen LogP contribution in [0.5, 0.6) is 0 Å². The molecule has 100 valence electrons. The van der Waals surface area contributed by atoms with Gasteiger partial charge in [-0.15, -0.1) is 0 Å². The summed E-state index contributed by atoms with van der Waals surface area (Å²) < 4.78 is 0. The molecule has 1 fully saturated rings. The fourth-order valence-electron chi connectivity index (χ4n) is 2.61. The Kier molecular flexibility index (Phi) is 4.18. The van der Waals surface area contributed by atoms with Gasteiger partial charge in [-0.1, -0.05) is 31.5 Å². The number of hydrogen-bond donors (Lipinski definition) is 1. The van der Waals surface area contributed by atoms with E-state index < -0.39 is 0 Å². The van der Waals surface area contributed by atoms with Gasteiger partial charge in [-0.05, 0) is 42.9 Å². The second-order valence-electron chi connectivity index (χ2n) is 5.74. The van der Waals surface area contributed by atoms with Gasteiger partial charge in [-0.25, -0.2) is 0 Å². The van der Waals surface area contributed by atoms with Gasteiger partial charge in [0.2, 0.25) is 0 Å². The first-order valence-corrected chi connectivity index (χ1v) is 7.16. The van der Waals surface area contributed by atoms with Crippen molar-refractivity contribution in [3.05, 3.63) is 28.8 Å². The van der Waals surface area contributed by atoms with E-state index in [2.05, 4.69) is 30.9 Å². The molecule has 0 aromatic heterocycles.